The van der Waals surface area contributed by atoms with E-state index in [-0.39, 0.29) is 0 Å². The highest BCUT2D eigenvalue weighted by molar-refractivity contribution is 7.66. The molecule has 7 N–H and O–H groups in total. The van der Waals surface area contributed by atoms with Crippen LogP contribution in [0.4, 0.5) is 0 Å². The van der Waals surface area contributed by atoms with Gasteiger partial charge in [-0.05, 0) is 0 Å². The lowest BCUT2D eigenvalue weighted by Gasteiger charge is -2.18. The Labute approximate surface area is 165 Å². The lowest BCUT2D eigenvalue weighted by Crippen LogP contribution is -2.62. The number of aromatic amines is 1. The van der Waals surface area contributed by atoms with E-state index in [1.54, 1.807) is 0 Å². The summed E-state index contributed by atoms with van der Waals surface area (Å²) in [6, 6.07) is 0. The Morgan fingerprint density at radius 1 is 1.10 bits per heavy atom. The molecule has 3 unspecified atom stereocenters. The van der Waals surface area contributed by atoms with Gasteiger partial charge in [-0.15, -0.1) is 0 Å². The SMILES string of the molecule is Cn1c(=O)[nH]c[n+]([C@@H]2O[C@H](COP(=O)(O)OP(=O)(O)OP(=O)(O)O)C(O)[C@@H]2O)c1=O. The topological polar surface area (TPSA) is 268 Å². The molecule has 0 radical (unpaired) electrons. The summed E-state index contributed by atoms with van der Waals surface area (Å²) in [5.41, 5.74) is -1.72. The summed E-state index contributed by atoms with van der Waals surface area (Å²) in [5, 5.41) is 20.1. The number of ether oxygens (including phenoxy) is 1. The van der Waals surface area contributed by atoms with Crippen molar-refractivity contribution < 1.29 is 65.9 Å². The average molecular weight is 500 g/mol. The molecule has 0 amide bonds. The van der Waals surface area contributed by atoms with E-state index in [9.17, 15) is 38.4 Å². The van der Waals surface area contributed by atoms with E-state index in [1.165, 1.54) is 0 Å². The Morgan fingerprint density at radius 2 is 1.70 bits per heavy atom. The lowest BCUT2D eigenvalue weighted by atomic mass is 10.1. The van der Waals surface area contributed by atoms with Crippen LogP contribution in [-0.2, 0) is 38.6 Å². The first-order valence-corrected chi connectivity index (χ1v) is 12.0. The fraction of sp³-hybridized carbons (Fsp3) is 0.667. The van der Waals surface area contributed by atoms with Crippen LogP contribution in [0.5, 0.6) is 0 Å². The Bertz CT molecular complexity index is 1050. The molecule has 21 heteroatoms. The maximum atomic E-state index is 12.1. The van der Waals surface area contributed by atoms with Crippen molar-refractivity contribution in [1.82, 2.24) is 9.55 Å². The highest BCUT2D eigenvalue weighted by atomic mass is 31.3. The Kier molecular flexibility index (Phi) is 7.38. The molecule has 0 aromatic carbocycles. The van der Waals surface area contributed by atoms with Gasteiger partial charge in [0.05, 0.1) is 13.7 Å². The number of nitrogens with zero attached hydrogens (tertiary/aromatic N) is 2. The number of aliphatic hydroxyl groups excluding tert-OH is 2. The predicted molar refractivity (Wildman–Crippen MR) is 88.2 cm³/mol. The van der Waals surface area contributed by atoms with Gasteiger partial charge in [0.15, 0.2) is 6.33 Å². The van der Waals surface area contributed by atoms with E-state index in [0.717, 1.165) is 13.4 Å². The third-order valence-corrected chi connectivity index (χ3v) is 7.37. The van der Waals surface area contributed by atoms with Gasteiger partial charge in [-0.2, -0.15) is 17.8 Å². The minimum atomic E-state index is -5.74. The molecule has 1 aliphatic heterocycles. The van der Waals surface area contributed by atoms with Gasteiger partial charge in [0.25, 0.3) is 0 Å². The number of hydrogen-bond donors (Lipinski definition) is 7. The van der Waals surface area contributed by atoms with Crippen LogP contribution in [0.3, 0.4) is 0 Å². The summed E-state index contributed by atoms with van der Waals surface area (Å²) in [6.45, 7) is -1.05. The molecule has 6 atom stereocenters. The van der Waals surface area contributed by atoms with Crippen LogP contribution in [0.1, 0.15) is 6.23 Å². The van der Waals surface area contributed by atoms with E-state index in [2.05, 4.69) is 18.1 Å². The normalized spacial score (nSPS) is 28.8. The first-order valence-electron chi connectivity index (χ1n) is 7.53. The quantitative estimate of drug-likeness (QED) is 0.134. The van der Waals surface area contributed by atoms with E-state index in [1.807, 2.05) is 0 Å². The van der Waals surface area contributed by atoms with Gasteiger partial charge in [-0.3, -0.25) is 4.52 Å². The number of phosphoric acid groups is 3. The van der Waals surface area contributed by atoms with Crippen LogP contribution in [0.25, 0.3) is 0 Å². The lowest BCUT2D eigenvalue weighted by molar-refractivity contribution is -0.783. The zero-order chi connectivity index (χ0) is 23.1. The summed E-state index contributed by atoms with van der Waals surface area (Å²) in [6.07, 6.45) is -5.87. The van der Waals surface area contributed by atoms with Gasteiger partial charge in [-0.25, -0.2) is 28.3 Å². The third-order valence-electron chi connectivity index (χ3n) is 3.57. The molecule has 0 aliphatic carbocycles. The highest BCUT2D eigenvalue weighted by Gasteiger charge is 2.48. The molecule has 0 bridgehead atoms. The largest absolute Gasteiger partial charge is 0.490 e. The monoisotopic (exact) mass is 500 g/mol. The van der Waals surface area contributed by atoms with E-state index < -0.39 is 66.0 Å². The summed E-state index contributed by atoms with van der Waals surface area (Å²) in [4.78, 5) is 61.0. The van der Waals surface area contributed by atoms with Crippen molar-refractivity contribution in [3.05, 3.63) is 27.3 Å². The van der Waals surface area contributed by atoms with Crippen LogP contribution in [0.15, 0.2) is 15.9 Å². The highest BCUT2D eigenvalue weighted by Crippen LogP contribution is 2.66. The van der Waals surface area contributed by atoms with Crippen LogP contribution < -0.4 is 15.9 Å². The van der Waals surface area contributed by atoms with Gasteiger partial charge in [-0.1, -0.05) is 0 Å². The molecule has 1 aromatic rings. The number of hydrogen-bond acceptors (Lipinski definition) is 11. The van der Waals surface area contributed by atoms with Crippen molar-refractivity contribution in [2.45, 2.75) is 24.5 Å². The maximum Gasteiger partial charge on any atom is 0.490 e. The van der Waals surface area contributed by atoms with Gasteiger partial charge in [0.1, 0.15) is 18.3 Å². The second-order valence-corrected chi connectivity index (χ2v) is 10.2. The smallest absolute Gasteiger partial charge is 0.387 e. The molecular formula is C9H17N3O15P3+. The molecule has 1 saturated heterocycles. The van der Waals surface area contributed by atoms with Gasteiger partial charge < -0.3 is 34.5 Å². The number of phosphoric ester groups is 1. The number of H-pyrrole nitrogens is 1. The number of rotatable bonds is 8. The summed E-state index contributed by atoms with van der Waals surface area (Å²) >= 11 is 0. The zero-order valence-electron chi connectivity index (χ0n) is 14.7. The van der Waals surface area contributed by atoms with Crippen molar-refractivity contribution in [2.75, 3.05) is 6.61 Å². The zero-order valence-corrected chi connectivity index (χ0v) is 17.4. The Morgan fingerprint density at radius 3 is 2.27 bits per heavy atom. The standard InChI is InChI=1S/C9H16N3O15P3/c1-11-8(15)10-3-12(9(11)16)7-6(14)5(13)4(25-7)2-24-29(20,21)27-30(22,23)26-28(17,18)19/h3-7,13-14H,2H2,1H3,(H4,17,18,19,20,21,22,23)/p+1/t4-,5?,6+,7-/m1/s1. The number of aromatic nitrogens is 3. The Balaban J connectivity index is 2.09. The average Bonchev–Trinajstić information content (AvgIpc) is 2.83. The molecule has 0 saturated carbocycles. The van der Waals surface area contributed by atoms with Gasteiger partial charge >= 0.3 is 34.8 Å². The minimum absolute atomic E-state index is 0.627. The molecular weight excluding hydrogens is 483 g/mol. The van der Waals surface area contributed by atoms with Crippen LogP contribution in [0, 0.1) is 0 Å². The summed E-state index contributed by atoms with van der Waals surface area (Å²) in [5.74, 6) is 0. The van der Waals surface area contributed by atoms with E-state index in [4.69, 9.17) is 19.4 Å². The Hall–Kier alpha value is -1.10. The molecule has 30 heavy (non-hydrogen) atoms. The molecule has 18 nitrogen and oxygen atoms in total. The van der Waals surface area contributed by atoms with Crippen molar-refractivity contribution in [3.63, 3.8) is 0 Å². The number of nitrogens with one attached hydrogen (secondary N) is 1. The van der Waals surface area contributed by atoms with Crippen LogP contribution in [0.2, 0.25) is 0 Å². The molecule has 1 aromatic heterocycles. The van der Waals surface area contributed by atoms with Gasteiger partial charge in [0, 0.05) is 0 Å². The van der Waals surface area contributed by atoms with Crippen molar-refractivity contribution in [2.24, 2.45) is 7.05 Å². The van der Waals surface area contributed by atoms with E-state index >= 15 is 0 Å². The first-order chi connectivity index (χ1) is 13.5. The second-order valence-electron chi connectivity index (χ2n) is 5.76. The second kappa shape index (κ2) is 8.80. The predicted octanol–water partition coefficient (Wildman–Crippen LogP) is -3.68. The molecule has 1 fully saturated rings. The molecule has 2 rings (SSSR count). The van der Waals surface area contributed by atoms with Crippen LogP contribution >= 0.6 is 23.5 Å². The van der Waals surface area contributed by atoms with Crippen molar-refractivity contribution in [3.8, 4) is 0 Å². The molecule has 0 spiro atoms. The fourth-order valence-corrected chi connectivity index (χ4v) is 5.32. The minimum Gasteiger partial charge on any atom is -0.387 e. The van der Waals surface area contributed by atoms with E-state index in [0.29, 0.717) is 9.13 Å². The third kappa shape index (κ3) is 6.21. The van der Waals surface area contributed by atoms with Gasteiger partial charge in [0.2, 0.25) is 6.23 Å². The summed E-state index contributed by atoms with van der Waals surface area (Å²) < 4.78 is 51.4. The first kappa shape index (κ1) is 25.2. The molecule has 1 aliphatic rings. The van der Waals surface area contributed by atoms with Crippen molar-refractivity contribution in [1.29, 1.82) is 0 Å². The van der Waals surface area contributed by atoms with Crippen LogP contribution in [-0.4, -0.2) is 64.3 Å². The summed E-state index contributed by atoms with van der Waals surface area (Å²) in [7, 11) is -15.7. The fourth-order valence-electron chi connectivity index (χ4n) is 2.29. The van der Waals surface area contributed by atoms with Crippen molar-refractivity contribution >= 4 is 23.5 Å². The maximum absolute atomic E-state index is 12.1. The molecule has 172 valence electrons. The number of aliphatic hydroxyl groups is 2. The molecule has 2 heterocycles.